The van der Waals surface area contributed by atoms with Crippen LogP contribution in [0.4, 0.5) is 4.39 Å². The maximum atomic E-state index is 13.7. The summed E-state index contributed by atoms with van der Waals surface area (Å²) in [5, 5.41) is 4.31. The summed E-state index contributed by atoms with van der Waals surface area (Å²) < 4.78 is 26.1. The number of amides is 1. The molecule has 7 nitrogen and oxygen atoms in total. The monoisotopic (exact) mass is 392 g/mol. The van der Waals surface area contributed by atoms with Gasteiger partial charge in [0, 0.05) is 44.8 Å². The summed E-state index contributed by atoms with van der Waals surface area (Å²) in [4.78, 5) is 18.3. The van der Waals surface area contributed by atoms with Crippen LogP contribution in [0.2, 0.25) is 0 Å². The second-order valence-corrected chi connectivity index (χ2v) is 8.33. The number of nitrogens with zero attached hydrogens (tertiary/aromatic N) is 4. The lowest BCUT2D eigenvalue weighted by Gasteiger charge is -2.47. The van der Waals surface area contributed by atoms with Crippen molar-refractivity contribution >= 4 is 17.7 Å². The lowest BCUT2D eigenvalue weighted by molar-refractivity contribution is 0.0507. The van der Waals surface area contributed by atoms with Crippen LogP contribution in [0.15, 0.2) is 30.6 Å². The first kappa shape index (κ1) is 18.2. The van der Waals surface area contributed by atoms with E-state index in [0.717, 1.165) is 12.2 Å². The van der Waals surface area contributed by atoms with Crippen LogP contribution in [0, 0.1) is 5.82 Å². The van der Waals surface area contributed by atoms with Crippen LogP contribution in [0.3, 0.4) is 0 Å². The van der Waals surface area contributed by atoms with E-state index in [4.69, 9.17) is 9.47 Å². The summed E-state index contributed by atoms with van der Waals surface area (Å²) in [7, 11) is 1.63. The number of pyridine rings is 1. The molecule has 0 aromatic carbocycles. The zero-order chi connectivity index (χ0) is 18.9. The maximum absolute atomic E-state index is 13.7. The third kappa shape index (κ3) is 3.79. The van der Waals surface area contributed by atoms with Crippen molar-refractivity contribution in [1.82, 2.24) is 19.7 Å². The fourth-order valence-corrected chi connectivity index (χ4v) is 4.98. The summed E-state index contributed by atoms with van der Waals surface area (Å²) in [5.74, 6) is 0.313. The van der Waals surface area contributed by atoms with E-state index in [9.17, 15) is 9.18 Å². The first-order chi connectivity index (χ1) is 13.1. The van der Waals surface area contributed by atoms with E-state index in [2.05, 4.69) is 10.1 Å². The lowest BCUT2D eigenvalue weighted by Crippen LogP contribution is -2.60. The standard InChI is InChI=1S/C18H21FN4O3S/c1-25-8-7-23-6-4-15(21-23)17(24)22-11-18(12-22)9-13(10-27-18)26-16-14(19)3-2-5-20-16/h2-6,13H,7-12H2,1H3/t13-/m0/s1. The van der Waals surface area contributed by atoms with Crippen molar-refractivity contribution in [2.24, 2.45) is 0 Å². The molecule has 2 fully saturated rings. The van der Waals surface area contributed by atoms with Crippen LogP contribution >= 0.6 is 11.8 Å². The number of aromatic nitrogens is 3. The zero-order valence-corrected chi connectivity index (χ0v) is 15.8. The fourth-order valence-electron chi connectivity index (χ4n) is 3.45. The molecule has 1 spiro atoms. The Balaban J connectivity index is 1.30. The van der Waals surface area contributed by atoms with Crippen molar-refractivity contribution in [2.45, 2.75) is 23.8 Å². The van der Waals surface area contributed by atoms with Gasteiger partial charge in [-0.1, -0.05) is 0 Å². The molecular formula is C18H21FN4O3S. The minimum Gasteiger partial charge on any atom is -0.471 e. The predicted octanol–water partition coefficient (Wildman–Crippen LogP) is 1.84. The minimum absolute atomic E-state index is 0.00972. The smallest absolute Gasteiger partial charge is 0.274 e. The van der Waals surface area contributed by atoms with Crippen LogP contribution in [0.25, 0.3) is 0 Å². The first-order valence-electron chi connectivity index (χ1n) is 8.81. The Morgan fingerprint density at radius 3 is 3.07 bits per heavy atom. The number of halogens is 1. The molecule has 0 N–H and O–H groups in total. The molecule has 0 bridgehead atoms. The number of ether oxygens (including phenoxy) is 2. The van der Waals surface area contributed by atoms with Gasteiger partial charge in [0.05, 0.1) is 17.9 Å². The predicted molar refractivity (Wildman–Crippen MR) is 98.4 cm³/mol. The Hall–Kier alpha value is -2.13. The number of rotatable bonds is 6. The average molecular weight is 392 g/mol. The molecule has 2 aromatic rings. The Bertz CT molecular complexity index is 824. The third-order valence-corrected chi connectivity index (χ3v) is 6.38. The molecule has 9 heteroatoms. The molecule has 0 unspecified atom stereocenters. The highest BCUT2D eigenvalue weighted by molar-refractivity contribution is 8.01. The second-order valence-electron chi connectivity index (χ2n) is 6.85. The van der Waals surface area contributed by atoms with Gasteiger partial charge in [0.1, 0.15) is 11.8 Å². The third-order valence-electron chi connectivity index (χ3n) is 4.81. The van der Waals surface area contributed by atoms with Gasteiger partial charge in [0.15, 0.2) is 5.82 Å². The summed E-state index contributed by atoms with van der Waals surface area (Å²) in [6.45, 7) is 2.49. The molecule has 4 heterocycles. The summed E-state index contributed by atoms with van der Waals surface area (Å²) in [5.41, 5.74) is 0.451. The number of carbonyl (C=O) groups is 1. The van der Waals surface area contributed by atoms with Gasteiger partial charge in [-0.05, 0) is 18.2 Å². The molecule has 0 saturated carbocycles. The number of carbonyl (C=O) groups excluding carboxylic acids is 1. The minimum atomic E-state index is -0.446. The molecule has 0 radical (unpaired) electrons. The highest BCUT2D eigenvalue weighted by Crippen LogP contribution is 2.46. The van der Waals surface area contributed by atoms with Gasteiger partial charge in [0.2, 0.25) is 0 Å². The molecule has 144 valence electrons. The van der Waals surface area contributed by atoms with Gasteiger partial charge in [-0.15, -0.1) is 11.8 Å². The van der Waals surface area contributed by atoms with Crippen molar-refractivity contribution in [1.29, 1.82) is 0 Å². The Kier molecular flexibility index (Phi) is 5.05. The van der Waals surface area contributed by atoms with Gasteiger partial charge in [-0.2, -0.15) is 5.10 Å². The zero-order valence-electron chi connectivity index (χ0n) is 15.0. The molecule has 2 aromatic heterocycles. The largest absolute Gasteiger partial charge is 0.471 e. The number of methoxy groups -OCH3 is 1. The van der Waals surface area contributed by atoms with Crippen molar-refractivity contribution in [3.63, 3.8) is 0 Å². The molecule has 2 aliphatic rings. The first-order valence-corrected chi connectivity index (χ1v) is 9.80. The van der Waals surface area contributed by atoms with E-state index in [1.807, 2.05) is 0 Å². The Morgan fingerprint density at radius 2 is 2.30 bits per heavy atom. The normalized spacial score (nSPS) is 20.7. The Morgan fingerprint density at radius 1 is 1.44 bits per heavy atom. The highest BCUT2D eigenvalue weighted by Gasteiger charge is 2.51. The van der Waals surface area contributed by atoms with E-state index in [-0.39, 0.29) is 22.6 Å². The number of hydrogen-bond donors (Lipinski definition) is 0. The van der Waals surface area contributed by atoms with E-state index >= 15 is 0 Å². The van der Waals surface area contributed by atoms with Gasteiger partial charge in [-0.25, -0.2) is 9.37 Å². The van der Waals surface area contributed by atoms with Crippen LogP contribution < -0.4 is 4.74 Å². The van der Waals surface area contributed by atoms with Crippen molar-refractivity contribution < 1.29 is 18.7 Å². The van der Waals surface area contributed by atoms with Crippen LogP contribution in [-0.2, 0) is 11.3 Å². The van der Waals surface area contributed by atoms with Gasteiger partial charge < -0.3 is 14.4 Å². The molecule has 2 saturated heterocycles. The SMILES string of the molecule is COCCn1ccc(C(=O)N2CC3(C[C@H](Oc4ncccc4F)CS3)C2)n1. The van der Waals surface area contributed by atoms with E-state index in [1.54, 1.807) is 46.8 Å². The Labute approximate surface area is 160 Å². The van der Waals surface area contributed by atoms with E-state index in [1.165, 1.54) is 12.3 Å². The quantitative estimate of drug-likeness (QED) is 0.747. The van der Waals surface area contributed by atoms with Crippen LogP contribution in [0.5, 0.6) is 5.88 Å². The molecular weight excluding hydrogens is 371 g/mol. The average Bonchev–Trinajstić information content (AvgIpc) is 3.27. The lowest BCUT2D eigenvalue weighted by atomic mass is 9.92. The molecule has 27 heavy (non-hydrogen) atoms. The summed E-state index contributed by atoms with van der Waals surface area (Å²) >= 11 is 1.79. The number of likely N-dealkylation sites (tertiary alicyclic amines) is 1. The molecule has 2 aliphatic heterocycles. The van der Waals surface area contributed by atoms with Gasteiger partial charge >= 0.3 is 0 Å². The molecule has 1 atom stereocenters. The molecule has 0 aliphatic carbocycles. The van der Waals surface area contributed by atoms with Gasteiger partial charge in [0.25, 0.3) is 11.8 Å². The second kappa shape index (κ2) is 7.47. The maximum Gasteiger partial charge on any atom is 0.274 e. The topological polar surface area (TPSA) is 69.5 Å². The van der Waals surface area contributed by atoms with E-state index < -0.39 is 5.82 Å². The molecule has 1 amide bonds. The van der Waals surface area contributed by atoms with Crippen molar-refractivity contribution in [3.05, 3.63) is 42.1 Å². The summed E-state index contributed by atoms with van der Waals surface area (Å²) in [6, 6.07) is 4.62. The van der Waals surface area contributed by atoms with Crippen LogP contribution in [-0.4, -0.2) is 69.0 Å². The summed E-state index contributed by atoms with van der Waals surface area (Å²) in [6.07, 6.45) is 3.99. The van der Waals surface area contributed by atoms with Crippen LogP contribution in [0.1, 0.15) is 16.9 Å². The van der Waals surface area contributed by atoms with Crippen molar-refractivity contribution in [2.75, 3.05) is 32.6 Å². The van der Waals surface area contributed by atoms with Gasteiger partial charge in [-0.3, -0.25) is 9.48 Å². The van der Waals surface area contributed by atoms with E-state index in [0.29, 0.717) is 31.9 Å². The van der Waals surface area contributed by atoms with Crippen molar-refractivity contribution in [3.8, 4) is 5.88 Å². The number of thioether (sulfide) groups is 1. The number of hydrogen-bond acceptors (Lipinski definition) is 6. The fraction of sp³-hybridized carbons (Fsp3) is 0.500. The molecule has 4 rings (SSSR count). The highest BCUT2D eigenvalue weighted by atomic mass is 32.2.